The SMILES string of the molecule is C=C(C)C(O)c1ccc(C(F)F)cc1. The average molecular weight is 198 g/mol. The van der Waals surface area contributed by atoms with Crippen molar-refractivity contribution >= 4 is 0 Å². The van der Waals surface area contributed by atoms with Gasteiger partial charge in [-0.2, -0.15) is 0 Å². The topological polar surface area (TPSA) is 20.2 Å². The standard InChI is InChI=1S/C11H12F2O/c1-7(2)10(14)8-3-5-9(6-4-8)11(12)13/h3-6,10-11,14H,1H2,2H3. The van der Waals surface area contributed by atoms with Gasteiger partial charge >= 0.3 is 0 Å². The molecule has 1 unspecified atom stereocenters. The van der Waals surface area contributed by atoms with Crippen LogP contribution >= 0.6 is 0 Å². The number of hydrogen-bond donors (Lipinski definition) is 1. The van der Waals surface area contributed by atoms with Crippen molar-refractivity contribution in [1.29, 1.82) is 0 Å². The fourth-order valence-electron chi connectivity index (χ4n) is 1.11. The summed E-state index contributed by atoms with van der Waals surface area (Å²) in [4.78, 5) is 0. The van der Waals surface area contributed by atoms with E-state index >= 15 is 0 Å². The smallest absolute Gasteiger partial charge is 0.263 e. The van der Waals surface area contributed by atoms with E-state index in [0.29, 0.717) is 11.1 Å². The van der Waals surface area contributed by atoms with E-state index in [9.17, 15) is 13.9 Å². The van der Waals surface area contributed by atoms with Gasteiger partial charge in [-0.05, 0) is 18.1 Å². The van der Waals surface area contributed by atoms with Crippen molar-refractivity contribution in [2.24, 2.45) is 0 Å². The molecule has 1 nitrogen and oxygen atoms in total. The van der Waals surface area contributed by atoms with Crippen LogP contribution in [0, 0.1) is 0 Å². The maximum Gasteiger partial charge on any atom is 0.263 e. The molecule has 76 valence electrons. The summed E-state index contributed by atoms with van der Waals surface area (Å²) in [5, 5.41) is 9.54. The summed E-state index contributed by atoms with van der Waals surface area (Å²) in [6, 6.07) is 5.60. The van der Waals surface area contributed by atoms with E-state index in [4.69, 9.17) is 0 Å². The van der Waals surface area contributed by atoms with E-state index in [-0.39, 0.29) is 5.56 Å². The van der Waals surface area contributed by atoms with Gasteiger partial charge in [0.1, 0.15) is 0 Å². The van der Waals surface area contributed by atoms with Crippen LogP contribution in [0.25, 0.3) is 0 Å². The molecule has 1 aromatic carbocycles. The van der Waals surface area contributed by atoms with Crippen molar-refractivity contribution < 1.29 is 13.9 Å². The zero-order chi connectivity index (χ0) is 10.7. The molecule has 14 heavy (non-hydrogen) atoms. The molecule has 0 aliphatic heterocycles. The number of alkyl halides is 2. The molecule has 0 spiro atoms. The molecule has 0 amide bonds. The Morgan fingerprint density at radius 1 is 1.21 bits per heavy atom. The van der Waals surface area contributed by atoms with E-state index in [1.807, 2.05) is 0 Å². The van der Waals surface area contributed by atoms with Crippen molar-refractivity contribution in [1.82, 2.24) is 0 Å². The summed E-state index contributed by atoms with van der Waals surface area (Å²) in [6.45, 7) is 5.28. The quantitative estimate of drug-likeness (QED) is 0.739. The monoisotopic (exact) mass is 198 g/mol. The minimum absolute atomic E-state index is 0.0392. The first-order valence-electron chi connectivity index (χ1n) is 4.24. The Labute approximate surface area is 81.7 Å². The Bertz CT molecular complexity index is 317. The lowest BCUT2D eigenvalue weighted by molar-refractivity contribution is 0.151. The molecule has 0 saturated heterocycles. The van der Waals surface area contributed by atoms with Crippen LogP contribution in [0.1, 0.15) is 30.6 Å². The fraction of sp³-hybridized carbons (Fsp3) is 0.273. The Kier molecular flexibility index (Phi) is 3.36. The summed E-state index contributed by atoms with van der Waals surface area (Å²) < 4.78 is 24.4. The van der Waals surface area contributed by atoms with Crippen LogP contribution in [0.4, 0.5) is 8.78 Å². The molecule has 1 atom stereocenters. The molecule has 0 aliphatic carbocycles. The second kappa shape index (κ2) is 4.33. The van der Waals surface area contributed by atoms with Crippen LogP contribution in [0.3, 0.4) is 0 Å². The van der Waals surface area contributed by atoms with Gasteiger partial charge in [0, 0.05) is 5.56 Å². The highest BCUT2D eigenvalue weighted by molar-refractivity contribution is 5.28. The molecule has 1 N–H and O–H groups in total. The molecule has 0 saturated carbocycles. The highest BCUT2D eigenvalue weighted by Gasteiger charge is 2.10. The second-order valence-electron chi connectivity index (χ2n) is 3.22. The number of rotatable bonds is 3. The zero-order valence-corrected chi connectivity index (χ0v) is 7.87. The van der Waals surface area contributed by atoms with Crippen molar-refractivity contribution in [2.45, 2.75) is 19.5 Å². The van der Waals surface area contributed by atoms with Crippen molar-refractivity contribution in [3.8, 4) is 0 Å². The molecule has 0 bridgehead atoms. The van der Waals surface area contributed by atoms with Gasteiger partial charge in [0.2, 0.25) is 0 Å². The van der Waals surface area contributed by atoms with Crippen molar-refractivity contribution in [2.75, 3.05) is 0 Å². The van der Waals surface area contributed by atoms with Gasteiger partial charge in [0.25, 0.3) is 6.43 Å². The molecule has 0 heterocycles. The normalized spacial score (nSPS) is 12.9. The van der Waals surface area contributed by atoms with Gasteiger partial charge < -0.3 is 5.11 Å². The molecule has 1 rings (SSSR count). The Morgan fingerprint density at radius 2 is 1.64 bits per heavy atom. The lowest BCUT2D eigenvalue weighted by Gasteiger charge is -2.10. The van der Waals surface area contributed by atoms with Gasteiger partial charge in [0.15, 0.2) is 0 Å². The predicted molar refractivity (Wildman–Crippen MR) is 51.2 cm³/mol. The minimum Gasteiger partial charge on any atom is -0.384 e. The Morgan fingerprint density at radius 3 is 2.00 bits per heavy atom. The number of halogens is 2. The minimum atomic E-state index is -2.47. The molecule has 0 aromatic heterocycles. The third-order valence-corrected chi connectivity index (χ3v) is 1.97. The lowest BCUT2D eigenvalue weighted by Crippen LogP contribution is -1.98. The first-order valence-corrected chi connectivity index (χ1v) is 4.24. The fourth-order valence-corrected chi connectivity index (χ4v) is 1.11. The molecular formula is C11H12F2O. The number of aliphatic hydroxyl groups excluding tert-OH is 1. The van der Waals surface area contributed by atoms with E-state index in [1.165, 1.54) is 24.3 Å². The average Bonchev–Trinajstić information content (AvgIpc) is 2.16. The number of benzene rings is 1. The van der Waals surface area contributed by atoms with Crippen LogP contribution in [0.15, 0.2) is 36.4 Å². The van der Waals surface area contributed by atoms with Crippen LogP contribution in [0.2, 0.25) is 0 Å². The Hall–Kier alpha value is -1.22. The Balaban J connectivity index is 2.88. The van der Waals surface area contributed by atoms with Crippen LogP contribution in [-0.2, 0) is 0 Å². The third-order valence-electron chi connectivity index (χ3n) is 1.97. The largest absolute Gasteiger partial charge is 0.384 e. The summed E-state index contributed by atoms with van der Waals surface area (Å²) in [6.07, 6.45) is -3.24. The third kappa shape index (κ3) is 2.39. The van der Waals surface area contributed by atoms with Crippen LogP contribution in [0.5, 0.6) is 0 Å². The molecule has 1 aromatic rings. The number of aliphatic hydroxyl groups is 1. The maximum atomic E-state index is 12.2. The van der Waals surface area contributed by atoms with E-state index in [2.05, 4.69) is 6.58 Å². The van der Waals surface area contributed by atoms with Gasteiger partial charge in [-0.3, -0.25) is 0 Å². The zero-order valence-electron chi connectivity index (χ0n) is 7.87. The second-order valence-corrected chi connectivity index (χ2v) is 3.22. The summed E-state index contributed by atoms with van der Waals surface area (Å²) in [5.41, 5.74) is 1.14. The summed E-state index contributed by atoms with van der Waals surface area (Å²) in [7, 11) is 0. The maximum absolute atomic E-state index is 12.2. The van der Waals surface area contributed by atoms with Gasteiger partial charge in [-0.1, -0.05) is 30.8 Å². The first kappa shape index (κ1) is 10.9. The number of hydrogen-bond acceptors (Lipinski definition) is 1. The highest BCUT2D eigenvalue weighted by atomic mass is 19.3. The van der Waals surface area contributed by atoms with Crippen LogP contribution < -0.4 is 0 Å². The van der Waals surface area contributed by atoms with Gasteiger partial charge in [-0.15, -0.1) is 0 Å². The first-order chi connectivity index (χ1) is 6.52. The molecule has 0 aliphatic rings. The molecule has 0 radical (unpaired) electrons. The lowest BCUT2D eigenvalue weighted by atomic mass is 10.0. The van der Waals surface area contributed by atoms with E-state index in [1.54, 1.807) is 6.92 Å². The van der Waals surface area contributed by atoms with Crippen molar-refractivity contribution in [3.63, 3.8) is 0 Å². The van der Waals surface area contributed by atoms with E-state index in [0.717, 1.165) is 0 Å². The van der Waals surface area contributed by atoms with Crippen LogP contribution in [-0.4, -0.2) is 5.11 Å². The summed E-state index contributed by atoms with van der Waals surface area (Å²) >= 11 is 0. The van der Waals surface area contributed by atoms with Gasteiger partial charge in [0.05, 0.1) is 6.10 Å². The van der Waals surface area contributed by atoms with Gasteiger partial charge in [-0.25, -0.2) is 8.78 Å². The molecule has 0 fully saturated rings. The van der Waals surface area contributed by atoms with Crippen molar-refractivity contribution in [3.05, 3.63) is 47.5 Å². The summed E-state index contributed by atoms with van der Waals surface area (Å²) in [5.74, 6) is 0. The molecule has 3 heteroatoms. The predicted octanol–water partition coefficient (Wildman–Crippen LogP) is 3.23. The van der Waals surface area contributed by atoms with E-state index < -0.39 is 12.5 Å². The highest BCUT2D eigenvalue weighted by Crippen LogP contribution is 2.23. The molecular weight excluding hydrogens is 186 g/mol.